The second-order valence-electron chi connectivity index (χ2n) is 6.89. The zero-order valence-corrected chi connectivity index (χ0v) is 19.4. The number of rotatable bonds is 8. The zero-order chi connectivity index (χ0) is 23.1. The number of aromatic nitrogens is 1. The van der Waals surface area contributed by atoms with Crippen LogP contribution in [0.5, 0.6) is 0 Å². The van der Waals surface area contributed by atoms with E-state index in [1.54, 1.807) is 25.1 Å². The third-order valence-electron chi connectivity index (χ3n) is 4.23. The predicted octanol–water partition coefficient (Wildman–Crippen LogP) is 3.62. The molecular formula is C22H23N5O3S2. The third kappa shape index (κ3) is 6.25. The molecule has 0 radical (unpaired) electrons. The van der Waals surface area contributed by atoms with Gasteiger partial charge in [-0.2, -0.15) is 18.4 Å². The lowest BCUT2D eigenvalue weighted by atomic mass is 10.2. The van der Waals surface area contributed by atoms with Crippen LogP contribution in [-0.4, -0.2) is 25.0 Å². The van der Waals surface area contributed by atoms with Gasteiger partial charge in [0.25, 0.3) is 10.0 Å². The highest BCUT2D eigenvalue weighted by atomic mass is 32.2. The largest absolute Gasteiger partial charge is 0.276 e. The van der Waals surface area contributed by atoms with Gasteiger partial charge in [-0.1, -0.05) is 65.4 Å². The van der Waals surface area contributed by atoms with E-state index in [0.29, 0.717) is 21.4 Å². The third-order valence-corrected chi connectivity index (χ3v) is 6.55. The molecule has 0 atom stereocenters. The number of hydrazine groups is 1. The smallest absolute Gasteiger partial charge is 0.274 e. The SMILES string of the molecule is CC(=O)NNc1nc(C)c(/C(C=Cc2ccccc2)=N/NS(=O)(=O)c2ccc(C)cc2)s1. The van der Waals surface area contributed by atoms with Gasteiger partial charge in [0, 0.05) is 6.92 Å². The summed E-state index contributed by atoms with van der Waals surface area (Å²) < 4.78 is 25.4. The van der Waals surface area contributed by atoms with E-state index in [4.69, 9.17) is 0 Å². The minimum atomic E-state index is -3.85. The summed E-state index contributed by atoms with van der Waals surface area (Å²) in [5.74, 6) is -0.261. The minimum Gasteiger partial charge on any atom is -0.274 e. The van der Waals surface area contributed by atoms with Crippen molar-refractivity contribution in [2.24, 2.45) is 5.10 Å². The van der Waals surface area contributed by atoms with E-state index >= 15 is 0 Å². The number of hydrazone groups is 1. The van der Waals surface area contributed by atoms with Gasteiger partial charge in [-0.3, -0.25) is 15.6 Å². The van der Waals surface area contributed by atoms with E-state index in [0.717, 1.165) is 11.1 Å². The molecule has 1 aromatic heterocycles. The summed E-state index contributed by atoms with van der Waals surface area (Å²) in [6.07, 6.45) is 3.55. The first-order valence-corrected chi connectivity index (χ1v) is 11.9. The van der Waals surface area contributed by atoms with Gasteiger partial charge in [0.05, 0.1) is 15.5 Å². The Morgan fingerprint density at radius 3 is 2.41 bits per heavy atom. The summed E-state index contributed by atoms with van der Waals surface area (Å²) in [6, 6.07) is 16.1. The van der Waals surface area contributed by atoms with Crippen LogP contribution in [0, 0.1) is 13.8 Å². The van der Waals surface area contributed by atoms with Gasteiger partial charge in [-0.25, -0.2) is 4.98 Å². The highest BCUT2D eigenvalue weighted by Gasteiger charge is 2.16. The molecule has 0 unspecified atom stereocenters. The monoisotopic (exact) mass is 469 g/mol. The number of hydrogen-bond acceptors (Lipinski definition) is 7. The summed E-state index contributed by atoms with van der Waals surface area (Å²) in [5.41, 5.74) is 8.10. The first kappa shape index (κ1) is 23.2. The second kappa shape index (κ2) is 10.2. The molecule has 1 amide bonds. The van der Waals surface area contributed by atoms with Gasteiger partial charge in [0.15, 0.2) is 0 Å². The van der Waals surface area contributed by atoms with Crippen molar-refractivity contribution in [3.05, 3.63) is 82.4 Å². The first-order valence-electron chi connectivity index (χ1n) is 9.64. The molecule has 0 aliphatic rings. The molecule has 3 N–H and O–H groups in total. The molecule has 0 spiro atoms. The number of amides is 1. The van der Waals surface area contributed by atoms with E-state index in [2.05, 4.69) is 25.8 Å². The Labute approximate surface area is 191 Å². The lowest BCUT2D eigenvalue weighted by Gasteiger charge is -2.06. The summed E-state index contributed by atoms with van der Waals surface area (Å²) >= 11 is 1.24. The fourth-order valence-electron chi connectivity index (χ4n) is 2.61. The van der Waals surface area contributed by atoms with Gasteiger partial charge >= 0.3 is 0 Å². The van der Waals surface area contributed by atoms with Crippen molar-refractivity contribution < 1.29 is 13.2 Å². The molecule has 0 fully saturated rings. The molecule has 8 nitrogen and oxygen atoms in total. The highest BCUT2D eigenvalue weighted by molar-refractivity contribution is 7.89. The van der Waals surface area contributed by atoms with Crippen LogP contribution in [0.25, 0.3) is 6.08 Å². The maximum atomic E-state index is 12.7. The van der Waals surface area contributed by atoms with Crippen molar-refractivity contribution in [2.45, 2.75) is 25.7 Å². The van der Waals surface area contributed by atoms with E-state index in [-0.39, 0.29) is 10.8 Å². The van der Waals surface area contributed by atoms with Crippen LogP contribution in [0.4, 0.5) is 5.13 Å². The van der Waals surface area contributed by atoms with Crippen LogP contribution in [0.3, 0.4) is 0 Å². The van der Waals surface area contributed by atoms with Gasteiger partial charge in [0.2, 0.25) is 11.0 Å². The number of nitrogens with zero attached hydrogens (tertiary/aromatic N) is 2. The number of thiazole rings is 1. The fraction of sp³-hybridized carbons (Fsp3) is 0.136. The number of carbonyl (C=O) groups excluding carboxylic acids is 1. The zero-order valence-electron chi connectivity index (χ0n) is 17.8. The van der Waals surface area contributed by atoms with Crippen LogP contribution in [-0.2, 0) is 14.8 Å². The van der Waals surface area contributed by atoms with Crippen molar-refractivity contribution in [1.29, 1.82) is 0 Å². The average Bonchev–Trinajstić information content (AvgIpc) is 3.14. The molecule has 166 valence electrons. The molecule has 0 saturated heterocycles. The highest BCUT2D eigenvalue weighted by Crippen LogP contribution is 2.24. The second-order valence-corrected chi connectivity index (χ2v) is 9.55. The molecule has 1 heterocycles. The number of nitrogens with one attached hydrogen (secondary N) is 3. The quantitative estimate of drug-likeness (QED) is 0.345. The molecule has 3 aromatic rings. The van der Waals surface area contributed by atoms with Crippen molar-refractivity contribution >= 4 is 44.2 Å². The summed E-state index contributed by atoms with van der Waals surface area (Å²) in [5, 5.41) is 4.65. The van der Waals surface area contributed by atoms with Crippen molar-refractivity contribution in [2.75, 3.05) is 5.43 Å². The topological polar surface area (TPSA) is 113 Å². The molecular weight excluding hydrogens is 446 g/mol. The summed E-state index contributed by atoms with van der Waals surface area (Å²) in [6.45, 7) is 5.04. The van der Waals surface area contributed by atoms with Gasteiger partial charge in [-0.15, -0.1) is 0 Å². The molecule has 10 heteroatoms. The molecule has 32 heavy (non-hydrogen) atoms. The van der Waals surface area contributed by atoms with Crippen LogP contribution in [0.1, 0.15) is 28.6 Å². The van der Waals surface area contributed by atoms with Crippen molar-refractivity contribution in [3.63, 3.8) is 0 Å². The first-order chi connectivity index (χ1) is 15.2. The van der Waals surface area contributed by atoms with Crippen molar-refractivity contribution in [1.82, 2.24) is 15.2 Å². The Morgan fingerprint density at radius 1 is 1.06 bits per heavy atom. The number of benzene rings is 2. The lowest BCUT2D eigenvalue weighted by molar-refractivity contribution is -0.118. The summed E-state index contributed by atoms with van der Waals surface area (Å²) in [7, 11) is -3.85. The number of hydrogen-bond donors (Lipinski definition) is 3. The number of aryl methyl sites for hydroxylation is 2. The normalized spacial score (nSPS) is 12.0. The number of carbonyl (C=O) groups is 1. The van der Waals surface area contributed by atoms with E-state index < -0.39 is 10.0 Å². The minimum absolute atomic E-state index is 0.118. The number of allylic oxidation sites excluding steroid dienone is 1. The molecule has 2 aromatic carbocycles. The standard InChI is InChI=1S/C22H23N5O3S2/c1-15-9-12-19(13-10-15)32(29,30)27-25-20(14-11-18-7-5-4-6-8-18)21-16(2)23-22(31-21)26-24-17(3)28/h4-14,27H,1-3H3,(H,23,26)(H,24,28)/b14-11?,25-20+. The average molecular weight is 470 g/mol. The maximum absolute atomic E-state index is 12.7. The predicted molar refractivity (Wildman–Crippen MR) is 128 cm³/mol. The Balaban J connectivity index is 1.94. The van der Waals surface area contributed by atoms with Gasteiger partial charge < -0.3 is 0 Å². The molecule has 3 rings (SSSR count). The molecule has 0 aliphatic heterocycles. The molecule has 0 saturated carbocycles. The van der Waals surface area contributed by atoms with E-state index in [1.807, 2.05) is 43.3 Å². The lowest BCUT2D eigenvalue weighted by Crippen LogP contribution is -2.26. The van der Waals surface area contributed by atoms with E-state index in [1.165, 1.54) is 30.4 Å². The molecule has 0 aliphatic carbocycles. The maximum Gasteiger partial charge on any atom is 0.276 e. The Morgan fingerprint density at radius 2 is 1.75 bits per heavy atom. The van der Waals surface area contributed by atoms with Crippen LogP contribution in [0.15, 0.2) is 70.7 Å². The number of anilines is 1. The Bertz CT molecular complexity index is 1250. The van der Waals surface area contributed by atoms with Crippen molar-refractivity contribution in [3.8, 4) is 0 Å². The number of sulfonamides is 1. The van der Waals surface area contributed by atoms with Crippen LogP contribution >= 0.6 is 11.3 Å². The molecule has 0 bridgehead atoms. The van der Waals surface area contributed by atoms with Crippen LogP contribution in [0.2, 0.25) is 0 Å². The Kier molecular flexibility index (Phi) is 7.39. The van der Waals surface area contributed by atoms with Gasteiger partial charge in [0.1, 0.15) is 5.71 Å². The van der Waals surface area contributed by atoms with E-state index in [9.17, 15) is 13.2 Å². The van der Waals surface area contributed by atoms with Gasteiger partial charge in [-0.05, 0) is 37.6 Å². The van der Waals surface area contributed by atoms with Crippen LogP contribution < -0.4 is 15.7 Å². The fourth-order valence-corrected chi connectivity index (χ4v) is 4.32. The summed E-state index contributed by atoms with van der Waals surface area (Å²) in [4.78, 5) is 18.6. The Hall–Kier alpha value is -3.50.